The molecule has 28 heavy (non-hydrogen) atoms. The Morgan fingerprint density at radius 3 is 2.50 bits per heavy atom. The van der Waals surface area contributed by atoms with Gasteiger partial charge in [0.2, 0.25) is 11.8 Å². The molecule has 3 amide bonds. The van der Waals surface area contributed by atoms with E-state index < -0.39 is 5.92 Å². The molecule has 2 aromatic rings. The molecule has 2 N–H and O–H groups in total. The van der Waals surface area contributed by atoms with E-state index in [0.29, 0.717) is 29.1 Å². The summed E-state index contributed by atoms with van der Waals surface area (Å²) in [4.78, 5) is 38.7. The van der Waals surface area contributed by atoms with Crippen LogP contribution in [-0.4, -0.2) is 38.4 Å². The van der Waals surface area contributed by atoms with Crippen molar-refractivity contribution in [2.45, 2.75) is 13.3 Å². The van der Waals surface area contributed by atoms with E-state index >= 15 is 0 Å². The molecule has 1 saturated heterocycles. The number of nitrogens with one attached hydrogen (secondary N) is 2. The molecule has 0 saturated carbocycles. The molecule has 0 bridgehead atoms. The van der Waals surface area contributed by atoms with Gasteiger partial charge < -0.3 is 20.3 Å². The quantitative estimate of drug-likeness (QED) is 0.832. The lowest BCUT2D eigenvalue weighted by Gasteiger charge is -2.17. The van der Waals surface area contributed by atoms with Crippen LogP contribution in [0, 0.1) is 12.8 Å². The van der Waals surface area contributed by atoms with E-state index in [0.717, 1.165) is 5.69 Å². The van der Waals surface area contributed by atoms with Crippen LogP contribution in [0.2, 0.25) is 0 Å². The summed E-state index contributed by atoms with van der Waals surface area (Å²) >= 11 is 0. The number of nitrogens with zero attached hydrogens (tertiary/aromatic N) is 1. The predicted octanol–water partition coefficient (Wildman–Crippen LogP) is 2.35. The maximum atomic E-state index is 12.7. The Bertz CT molecular complexity index is 908. The van der Waals surface area contributed by atoms with Gasteiger partial charge in [-0.25, -0.2) is 0 Å². The van der Waals surface area contributed by atoms with E-state index in [9.17, 15) is 14.4 Å². The van der Waals surface area contributed by atoms with E-state index in [2.05, 4.69) is 10.6 Å². The molecule has 0 radical (unpaired) electrons. The van der Waals surface area contributed by atoms with Gasteiger partial charge >= 0.3 is 0 Å². The molecule has 7 nitrogen and oxygen atoms in total. The normalized spacial score (nSPS) is 16.0. The molecule has 7 heteroatoms. The summed E-state index contributed by atoms with van der Waals surface area (Å²) in [6.07, 6.45) is 0.145. The van der Waals surface area contributed by atoms with Crippen molar-refractivity contribution < 1.29 is 19.1 Å². The molecule has 1 unspecified atom stereocenters. The van der Waals surface area contributed by atoms with Crippen molar-refractivity contribution in [2.24, 2.45) is 5.92 Å². The number of ether oxygens (including phenoxy) is 1. The fourth-order valence-electron chi connectivity index (χ4n) is 3.28. The van der Waals surface area contributed by atoms with E-state index in [1.165, 1.54) is 0 Å². The summed E-state index contributed by atoms with van der Waals surface area (Å²) < 4.78 is 5.13. The van der Waals surface area contributed by atoms with Crippen molar-refractivity contribution in [1.82, 2.24) is 5.32 Å². The summed E-state index contributed by atoms with van der Waals surface area (Å²) in [7, 11) is 3.14. The predicted molar refractivity (Wildman–Crippen MR) is 107 cm³/mol. The van der Waals surface area contributed by atoms with E-state index in [1.54, 1.807) is 68.4 Å². The first-order valence-electron chi connectivity index (χ1n) is 9.01. The van der Waals surface area contributed by atoms with Gasteiger partial charge in [-0.05, 0) is 48.9 Å². The molecule has 0 aliphatic carbocycles. The highest BCUT2D eigenvalue weighted by molar-refractivity contribution is 6.04. The zero-order valence-corrected chi connectivity index (χ0v) is 16.1. The molecule has 146 valence electrons. The summed E-state index contributed by atoms with van der Waals surface area (Å²) in [5.74, 6) is -0.299. The highest BCUT2D eigenvalue weighted by Gasteiger charge is 2.35. The monoisotopic (exact) mass is 381 g/mol. The van der Waals surface area contributed by atoms with Gasteiger partial charge in [-0.15, -0.1) is 0 Å². The van der Waals surface area contributed by atoms with Crippen LogP contribution >= 0.6 is 0 Å². The SMILES string of the molecule is CNC(=O)c1cccc(NC(=O)C2CC(=O)N(c3ccc(OC)cc3)C2)c1C. The Hall–Kier alpha value is -3.35. The zero-order chi connectivity index (χ0) is 20.3. The molecule has 1 heterocycles. The van der Waals surface area contributed by atoms with Crippen molar-refractivity contribution in [3.8, 4) is 5.75 Å². The molecular weight excluding hydrogens is 358 g/mol. The fraction of sp³-hybridized carbons (Fsp3) is 0.286. The second kappa shape index (κ2) is 8.12. The van der Waals surface area contributed by atoms with E-state index in [4.69, 9.17) is 4.74 Å². The second-order valence-electron chi connectivity index (χ2n) is 6.65. The van der Waals surface area contributed by atoms with E-state index in [-0.39, 0.29) is 24.1 Å². The third-order valence-electron chi connectivity index (χ3n) is 4.94. The minimum Gasteiger partial charge on any atom is -0.497 e. The number of rotatable bonds is 5. The zero-order valence-electron chi connectivity index (χ0n) is 16.1. The summed E-state index contributed by atoms with van der Waals surface area (Å²) in [5, 5.41) is 5.45. The third kappa shape index (κ3) is 3.83. The first-order valence-corrected chi connectivity index (χ1v) is 9.01. The van der Waals surface area contributed by atoms with Crippen LogP contribution in [-0.2, 0) is 9.59 Å². The number of hydrogen-bond donors (Lipinski definition) is 2. The van der Waals surface area contributed by atoms with Gasteiger partial charge in [0.25, 0.3) is 5.91 Å². The summed E-state index contributed by atoms with van der Waals surface area (Å²) in [6, 6.07) is 12.3. The Labute approximate surface area is 163 Å². The van der Waals surface area contributed by atoms with Crippen molar-refractivity contribution in [1.29, 1.82) is 0 Å². The summed E-state index contributed by atoms with van der Waals surface area (Å²) in [5.41, 5.74) is 2.49. The van der Waals surface area contributed by atoms with Gasteiger partial charge in [-0.2, -0.15) is 0 Å². The van der Waals surface area contributed by atoms with Crippen molar-refractivity contribution in [3.63, 3.8) is 0 Å². The van der Waals surface area contributed by atoms with Crippen molar-refractivity contribution in [3.05, 3.63) is 53.6 Å². The number of methoxy groups -OCH3 is 1. The fourth-order valence-corrected chi connectivity index (χ4v) is 3.28. The van der Waals surface area contributed by atoms with Crippen LogP contribution in [0.5, 0.6) is 5.75 Å². The smallest absolute Gasteiger partial charge is 0.251 e. The van der Waals surface area contributed by atoms with Gasteiger partial charge in [-0.1, -0.05) is 6.07 Å². The van der Waals surface area contributed by atoms with Crippen LogP contribution in [0.1, 0.15) is 22.3 Å². The number of carbonyl (C=O) groups excluding carboxylic acids is 3. The molecule has 0 spiro atoms. The lowest BCUT2D eigenvalue weighted by Crippen LogP contribution is -2.28. The first kappa shape index (κ1) is 19.4. The number of benzene rings is 2. The average Bonchev–Trinajstić information content (AvgIpc) is 3.11. The third-order valence-corrected chi connectivity index (χ3v) is 4.94. The molecule has 0 aromatic heterocycles. The largest absolute Gasteiger partial charge is 0.497 e. The summed E-state index contributed by atoms with van der Waals surface area (Å²) in [6.45, 7) is 2.09. The van der Waals surface area contributed by atoms with Crippen LogP contribution in [0.25, 0.3) is 0 Å². The second-order valence-corrected chi connectivity index (χ2v) is 6.65. The molecular formula is C21H23N3O4. The molecule has 1 aliphatic rings. The minimum absolute atomic E-state index is 0.0962. The molecule has 2 aromatic carbocycles. The number of carbonyl (C=O) groups is 3. The first-order chi connectivity index (χ1) is 13.4. The maximum absolute atomic E-state index is 12.7. The van der Waals surface area contributed by atoms with Crippen LogP contribution in [0.3, 0.4) is 0 Å². The maximum Gasteiger partial charge on any atom is 0.251 e. The number of amides is 3. The molecule has 1 atom stereocenters. The molecule has 3 rings (SSSR count). The lowest BCUT2D eigenvalue weighted by atomic mass is 10.0. The van der Waals surface area contributed by atoms with Crippen LogP contribution < -0.4 is 20.3 Å². The van der Waals surface area contributed by atoms with E-state index in [1.807, 2.05) is 0 Å². The Kier molecular flexibility index (Phi) is 5.63. The number of anilines is 2. The van der Waals surface area contributed by atoms with Gasteiger partial charge in [0.15, 0.2) is 0 Å². The minimum atomic E-state index is -0.461. The van der Waals surface area contributed by atoms with Gasteiger partial charge in [0.05, 0.1) is 13.0 Å². The van der Waals surface area contributed by atoms with Crippen LogP contribution in [0.15, 0.2) is 42.5 Å². The Balaban J connectivity index is 1.72. The Morgan fingerprint density at radius 2 is 1.86 bits per heavy atom. The highest BCUT2D eigenvalue weighted by Crippen LogP contribution is 2.28. The van der Waals surface area contributed by atoms with Gasteiger partial charge in [-0.3, -0.25) is 14.4 Å². The highest BCUT2D eigenvalue weighted by atomic mass is 16.5. The van der Waals surface area contributed by atoms with Gasteiger partial charge in [0, 0.05) is 37.0 Å². The molecule has 1 aliphatic heterocycles. The topological polar surface area (TPSA) is 87.7 Å². The lowest BCUT2D eigenvalue weighted by molar-refractivity contribution is -0.122. The van der Waals surface area contributed by atoms with Crippen LogP contribution in [0.4, 0.5) is 11.4 Å². The Morgan fingerprint density at radius 1 is 1.14 bits per heavy atom. The van der Waals surface area contributed by atoms with Crippen molar-refractivity contribution in [2.75, 3.05) is 30.9 Å². The average molecular weight is 381 g/mol. The van der Waals surface area contributed by atoms with Crippen molar-refractivity contribution >= 4 is 29.1 Å². The number of hydrogen-bond acceptors (Lipinski definition) is 4. The van der Waals surface area contributed by atoms with Gasteiger partial charge in [0.1, 0.15) is 5.75 Å². The molecule has 1 fully saturated rings. The standard InChI is InChI=1S/C21H23N3O4/c1-13-17(21(27)22-2)5-4-6-18(13)23-20(26)14-11-19(25)24(12-14)15-7-9-16(28-3)10-8-15/h4-10,14H,11-12H2,1-3H3,(H,22,27)(H,23,26).